The van der Waals surface area contributed by atoms with Crippen molar-refractivity contribution in [3.63, 3.8) is 0 Å². The van der Waals surface area contributed by atoms with E-state index in [4.69, 9.17) is 9.84 Å². The summed E-state index contributed by atoms with van der Waals surface area (Å²) in [7, 11) is 1.59. The van der Waals surface area contributed by atoms with E-state index in [9.17, 15) is 0 Å². The molecule has 0 radical (unpaired) electrons. The normalized spacial score (nSPS) is 12.9. The van der Waals surface area contributed by atoms with Crippen molar-refractivity contribution in [3.8, 4) is 0 Å². The fraction of sp³-hybridized carbons (Fsp3) is 0.455. The minimum absolute atomic E-state index is 0.0254. The molecule has 0 aliphatic heterocycles. The summed E-state index contributed by atoms with van der Waals surface area (Å²) in [4.78, 5) is 4.36. The van der Waals surface area contributed by atoms with Crippen LogP contribution in [0.5, 0.6) is 0 Å². The number of methoxy groups -OCH3 is 1. The molecular weight excluding hydrogens is 220 g/mol. The van der Waals surface area contributed by atoms with E-state index in [0.717, 1.165) is 11.2 Å². The molecule has 2 heterocycles. The summed E-state index contributed by atoms with van der Waals surface area (Å²) >= 11 is 0. The number of hydrogen-bond donors (Lipinski definition) is 2. The van der Waals surface area contributed by atoms with Crippen LogP contribution in [-0.2, 0) is 4.74 Å². The molecule has 0 saturated heterocycles. The molecule has 2 rings (SSSR count). The minimum Gasteiger partial charge on any atom is -0.394 e. The van der Waals surface area contributed by atoms with Gasteiger partial charge in [0.15, 0.2) is 5.65 Å². The molecule has 0 aliphatic carbocycles. The third kappa shape index (κ3) is 2.54. The van der Waals surface area contributed by atoms with Crippen LogP contribution in [0.1, 0.15) is 5.56 Å². The number of aryl methyl sites for hydroxylation is 1. The third-order valence-corrected chi connectivity index (χ3v) is 2.48. The van der Waals surface area contributed by atoms with Crippen molar-refractivity contribution in [2.24, 2.45) is 0 Å². The number of hydrogen-bond acceptors (Lipinski definition) is 5. The summed E-state index contributed by atoms with van der Waals surface area (Å²) in [5.41, 5.74) is 1.87. The lowest BCUT2D eigenvalue weighted by Gasteiger charge is -2.12. The number of anilines is 1. The average molecular weight is 236 g/mol. The third-order valence-electron chi connectivity index (χ3n) is 2.48. The van der Waals surface area contributed by atoms with Gasteiger partial charge in [-0.25, -0.2) is 4.52 Å². The number of ether oxygens (including phenoxy) is 1. The maximum Gasteiger partial charge on any atom is 0.243 e. The van der Waals surface area contributed by atoms with Crippen LogP contribution in [0.4, 0.5) is 5.95 Å². The second-order valence-electron chi connectivity index (χ2n) is 3.87. The van der Waals surface area contributed by atoms with Crippen molar-refractivity contribution in [1.29, 1.82) is 0 Å². The predicted octanol–water partition coefficient (Wildman–Crippen LogP) is 0.457. The van der Waals surface area contributed by atoms with E-state index < -0.39 is 0 Å². The van der Waals surface area contributed by atoms with Gasteiger partial charge < -0.3 is 15.2 Å². The van der Waals surface area contributed by atoms with Crippen molar-refractivity contribution >= 4 is 11.6 Å². The van der Waals surface area contributed by atoms with Gasteiger partial charge in [0.05, 0.1) is 19.3 Å². The van der Waals surface area contributed by atoms with E-state index in [-0.39, 0.29) is 12.6 Å². The molecule has 0 spiro atoms. The summed E-state index contributed by atoms with van der Waals surface area (Å²) in [6.45, 7) is 2.36. The molecule has 6 nitrogen and oxygen atoms in total. The van der Waals surface area contributed by atoms with Gasteiger partial charge in [0.2, 0.25) is 5.95 Å². The molecule has 0 aromatic carbocycles. The van der Waals surface area contributed by atoms with E-state index >= 15 is 0 Å². The van der Waals surface area contributed by atoms with Gasteiger partial charge >= 0.3 is 0 Å². The van der Waals surface area contributed by atoms with E-state index in [1.807, 2.05) is 25.3 Å². The van der Waals surface area contributed by atoms with Gasteiger partial charge in [0.25, 0.3) is 0 Å². The lowest BCUT2D eigenvalue weighted by molar-refractivity contribution is 0.153. The lowest BCUT2D eigenvalue weighted by Crippen LogP contribution is -2.29. The number of aliphatic hydroxyl groups excluding tert-OH is 1. The quantitative estimate of drug-likeness (QED) is 0.789. The number of nitrogens with one attached hydrogen (secondary N) is 1. The second-order valence-corrected chi connectivity index (χ2v) is 3.87. The highest BCUT2D eigenvalue weighted by Gasteiger charge is 2.11. The molecule has 1 atom stereocenters. The highest BCUT2D eigenvalue weighted by molar-refractivity contribution is 5.49. The van der Waals surface area contributed by atoms with Gasteiger partial charge in [-0.05, 0) is 18.6 Å². The maximum atomic E-state index is 9.14. The average Bonchev–Trinajstić information content (AvgIpc) is 2.72. The Bertz CT molecular complexity index is 497. The first-order valence-electron chi connectivity index (χ1n) is 5.43. The molecule has 1 unspecified atom stereocenters. The molecular formula is C11H16N4O2. The smallest absolute Gasteiger partial charge is 0.243 e. The van der Waals surface area contributed by atoms with Gasteiger partial charge in [-0.15, -0.1) is 5.10 Å². The summed E-state index contributed by atoms with van der Waals surface area (Å²) in [5, 5.41) is 16.4. The number of aliphatic hydroxyl groups is 1. The minimum atomic E-state index is -0.197. The van der Waals surface area contributed by atoms with Crippen molar-refractivity contribution in [3.05, 3.63) is 23.9 Å². The Hall–Kier alpha value is -1.66. The Morgan fingerprint density at radius 2 is 2.41 bits per heavy atom. The lowest BCUT2D eigenvalue weighted by atomic mass is 10.3. The fourth-order valence-corrected chi connectivity index (χ4v) is 1.62. The van der Waals surface area contributed by atoms with Crippen molar-refractivity contribution < 1.29 is 9.84 Å². The molecule has 0 aliphatic rings. The molecule has 6 heteroatoms. The topological polar surface area (TPSA) is 71.7 Å². The molecule has 0 bridgehead atoms. The van der Waals surface area contributed by atoms with Crippen molar-refractivity contribution in [2.45, 2.75) is 13.0 Å². The van der Waals surface area contributed by atoms with Crippen LogP contribution in [0.2, 0.25) is 0 Å². The van der Waals surface area contributed by atoms with Gasteiger partial charge in [0.1, 0.15) is 0 Å². The monoisotopic (exact) mass is 236 g/mol. The highest BCUT2D eigenvalue weighted by atomic mass is 16.5. The van der Waals surface area contributed by atoms with Crippen molar-refractivity contribution in [1.82, 2.24) is 14.6 Å². The number of aromatic nitrogens is 3. The molecule has 0 fully saturated rings. The van der Waals surface area contributed by atoms with E-state index in [1.165, 1.54) is 0 Å². The molecule has 2 aromatic rings. The molecule has 2 aromatic heterocycles. The SMILES string of the molecule is COCC(CO)Nc1nc2c(C)cccn2n1. The Labute approximate surface area is 99.2 Å². The van der Waals surface area contributed by atoms with Crippen LogP contribution in [0.15, 0.2) is 18.3 Å². The predicted molar refractivity (Wildman–Crippen MR) is 64.1 cm³/mol. The van der Waals surface area contributed by atoms with Crippen molar-refractivity contribution in [2.75, 3.05) is 25.6 Å². The first-order valence-corrected chi connectivity index (χ1v) is 5.43. The van der Waals surface area contributed by atoms with Gasteiger partial charge in [-0.2, -0.15) is 4.98 Å². The highest BCUT2D eigenvalue weighted by Crippen LogP contribution is 2.10. The maximum absolute atomic E-state index is 9.14. The van der Waals surface area contributed by atoms with Gasteiger partial charge in [0, 0.05) is 13.3 Å². The molecule has 2 N–H and O–H groups in total. The first kappa shape index (κ1) is 11.8. The Balaban J connectivity index is 2.21. The van der Waals surface area contributed by atoms with Crippen LogP contribution < -0.4 is 5.32 Å². The largest absolute Gasteiger partial charge is 0.394 e. The Kier molecular flexibility index (Phi) is 3.55. The first-order chi connectivity index (χ1) is 8.24. The zero-order chi connectivity index (χ0) is 12.3. The fourth-order valence-electron chi connectivity index (χ4n) is 1.62. The van der Waals surface area contributed by atoms with Gasteiger partial charge in [-0.3, -0.25) is 0 Å². The standard InChI is InChI=1S/C11H16N4O2/c1-8-4-3-5-15-10(8)13-11(14-15)12-9(6-16)7-17-2/h3-5,9,16H,6-7H2,1-2H3,(H,12,14). The molecule has 0 amide bonds. The number of nitrogens with zero attached hydrogens (tertiary/aromatic N) is 3. The van der Waals surface area contributed by atoms with Crippen LogP contribution in [0.25, 0.3) is 5.65 Å². The Morgan fingerprint density at radius 3 is 3.06 bits per heavy atom. The molecule has 0 saturated carbocycles. The number of fused-ring (bicyclic) bond motifs is 1. The van der Waals surface area contributed by atoms with Crippen LogP contribution in [-0.4, -0.2) is 46.1 Å². The van der Waals surface area contributed by atoms with Gasteiger partial charge in [-0.1, -0.05) is 6.07 Å². The molecule has 17 heavy (non-hydrogen) atoms. The summed E-state index contributed by atoms with van der Waals surface area (Å²) < 4.78 is 6.69. The number of pyridine rings is 1. The Morgan fingerprint density at radius 1 is 1.59 bits per heavy atom. The summed E-state index contributed by atoms with van der Waals surface area (Å²) in [6, 6.07) is 3.70. The van der Waals surface area contributed by atoms with Crippen LogP contribution in [0.3, 0.4) is 0 Å². The van der Waals surface area contributed by atoms with E-state index in [1.54, 1.807) is 11.6 Å². The van der Waals surface area contributed by atoms with E-state index in [2.05, 4.69) is 15.4 Å². The van der Waals surface area contributed by atoms with E-state index in [0.29, 0.717) is 12.6 Å². The second kappa shape index (κ2) is 5.11. The summed E-state index contributed by atoms with van der Waals surface area (Å²) in [6.07, 6.45) is 1.84. The molecule has 92 valence electrons. The van der Waals surface area contributed by atoms with Crippen LogP contribution >= 0.6 is 0 Å². The zero-order valence-electron chi connectivity index (χ0n) is 9.92. The number of rotatable bonds is 5. The zero-order valence-corrected chi connectivity index (χ0v) is 9.92. The summed E-state index contributed by atoms with van der Waals surface area (Å²) in [5.74, 6) is 0.496. The van der Waals surface area contributed by atoms with Crippen LogP contribution in [0, 0.1) is 6.92 Å².